The van der Waals surface area contributed by atoms with E-state index in [-0.39, 0.29) is 16.1 Å². The lowest BCUT2D eigenvalue weighted by molar-refractivity contribution is 0.279. The maximum absolute atomic E-state index is 12.5. The van der Waals surface area contributed by atoms with Crippen molar-refractivity contribution in [1.82, 2.24) is 4.31 Å². The van der Waals surface area contributed by atoms with Crippen molar-refractivity contribution in [2.24, 2.45) is 5.41 Å². The second kappa shape index (κ2) is 5.13. The summed E-state index contributed by atoms with van der Waals surface area (Å²) < 4.78 is 26.6. The Balaban J connectivity index is 2.28. The number of nitrogens with zero attached hydrogens (tertiary/aromatic N) is 1. The second-order valence-corrected chi connectivity index (χ2v) is 7.23. The number of phenols is 1. The van der Waals surface area contributed by atoms with Crippen LogP contribution in [-0.2, 0) is 10.0 Å². The summed E-state index contributed by atoms with van der Waals surface area (Å²) in [5.41, 5.74) is 0.115. The number of hydrogen-bond donors (Lipinski definition) is 1. The largest absolute Gasteiger partial charge is 0.508 e. The van der Waals surface area contributed by atoms with E-state index in [2.05, 4.69) is 13.8 Å². The highest BCUT2D eigenvalue weighted by Crippen LogP contribution is 2.39. The minimum atomic E-state index is -3.48. The van der Waals surface area contributed by atoms with E-state index in [0.29, 0.717) is 13.1 Å². The summed E-state index contributed by atoms with van der Waals surface area (Å²) in [6, 6.07) is 5.89. The van der Waals surface area contributed by atoms with Crippen molar-refractivity contribution in [3.05, 3.63) is 24.3 Å². The third kappa shape index (κ3) is 2.62. The van der Waals surface area contributed by atoms with Gasteiger partial charge in [0.05, 0.1) is 4.90 Å². The average Bonchev–Trinajstić information content (AvgIpc) is 2.84. The van der Waals surface area contributed by atoms with Crippen molar-refractivity contribution in [2.75, 3.05) is 13.1 Å². The molecule has 0 aliphatic carbocycles. The Hall–Kier alpha value is -1.07. The van der Waals surface area contributed by atoms with Crippen LogP contribution in [0.4, 0.5) is 0 Å². The van der Waals surface area contributed by atoms with Gasteiger partial charge in [-0.05, 0) is 42.9 Å². The van der Waals surface area contributed by atoms with Crippen LogP contribution in [0.15, 0.2) is 29.2 Å². The first-order chi connectivity index (χ1) is 8.93. The van der Waals surface area contributed by atoms with Gasteiger partial charge in [-0.3, -0.25) is 0 Å². The van der Waals surface area contributed by atoms with Crippen LogP contribution in [0.25, 0.3) is 0 Å². The summed E-state index contributed by atoms with van der Waals surface area (Å²) in [5.74, 6) is -0.0162. The first kappa shape index (κ1) is 14.3. The van der Waals surface area contributed by atoms with Gasteiger partial charge in [-0.1, -0.05) is 19.9 Å². The molecule has 0 amide bonds. The molecule has 0 aromatic heterocycles. The molecule has 106 valence electrons. The number of benzene rings is 1. The molecule has 1 fully saturated rings. The van der Waals surface area contributed by atoms with Crippen LogP contribution >= 0.6 is 0 Å². The van der Waals surface area contributed by atoms with Crippen LogP contribution in [-0.4, -0.2) is 30.9 Å². The van der Waals surface area contributed by atoms with Crippen LogP contribution in [0, 0.1) is 5.41 Å². The Kier molecular flexibility index (Phi) is 3.87. The fourth-order valence-corrected chi connectivity index (χ4v) is 4.31. The SMILES string of the molecule is CCC1(CC)CCN(S(=O)(=O)c2cccc(O)c2)C1. The first-order valence-electron chi connectivity index (χ1n) is 6.73. The van der Waals surface area contributed by atoms with Gasteiger partial charge in [-0.2, -0.15) is 4.31 Å². The second-order valence-electron chi connectivity index (χ2n) is 5.29. The minimum absolute atomic E-state index is 0.0162. The molecule has 2 rings (SSSR count). The predicted octanol–water partition coefficient (Wildman–Crippen LogP) is 2.59. The van der Waals surface area contributed by atoms with Crippen LogP contribution in [0.1, 0.15) is 33.1 Å². The summed E-state index contributed by atoms with van der Waals surface area (Å²) in [6.45, 7) is 5.39. The highest BCUT2D eigenvalue weighted by molar-refractivity contribution is 7.89. The Morgan fingerprint density at radius 1 is 1.32 bits per heavy atom. The molecule has 19 heavy (non-hydrogen) atoms. The van der Waals surface area contributed by atoms with Gasteiger partial charge in [0.25, 0.3) is 0 Å². The third-order valence-electron chi connectivity index (χ3n) is 4.36. The van der Waals surface area contributed by atoms with E-state index in [1.165, 1.54) is 18.2 Å². The maximum Gasteiger partial charge on any atom is 0.243 e. The van der Waals surface area contributed by atoms with Crippen molar-refractivity contribution >= 4 is 10.0 Å². The Bertz CT molecular complexity index is 550. The van der Waals surface area contributed by atoms with Crippen molar-refractivity contribution in [1.29, 1.82) is 0 Å². The molecule has 0 saturated carbocycles. The van der Waals surface area contributed by atoms with Crippen molar-refractivity contribution < 1.29 is 13.5 Å². The van der Waals surface area contributed by atoms with Crippen LogP contribution in [0.3, 0.4) is 0 Å². The zero-order valence-electron chi connectivity index (χ0n) is 11.5. The zero-order chi connectivity index (χ0) is 14.1. The Morgan fingerprint density at radius 3 is 2.53 bits per heavy atom. The molecule has 1 N–H and O–H groups in total. The molecule has 1 saturated heterocycles. The molecule has 0 spiro atoms. The molecule has 0 atom stereocenters. The Morgan fingerprint density at radius 2 is 2.00 bits per heavy atom. The van der Waals surface area contributed by atoms with Gasteiger partial charge in [-0.15, -0.1) is 0 Å². The minimum Gasteiger partial charge on any atom is -0.508 e. The molecule has 0 unspecified atom stereocenters. The molecular weight excluding hydrogens is 262 g/mol. The zero-order valence-corrected chi connectivity index (χ0v) is 12.3. The highest BCUT2D eigenvalue weighted by atomic mass is 32.2. The lowest BCUT2D eigenvalue weighted by atomic mass is 9.82. The van der Waals surface area contributed by atoms with Gasteiger partial charge in [0.15, 0.2) is 0 Å². The van der Waals surface area contributed by atoms with E-state index in [1.807, 2.05) is 0 Å². The normalized spacial score (nSPS) is 19.7. The topological polar surface area (TPSA) is 57.6 Å². The van der Waals surface area contributed by atoms with Crippen molar-refractivity contribution in [3.8, 4) is 5.75 Å². The molecular formula is C14H21NO3S. The number of hydrogen-bond acceptors (Lipinski definition) is 3. The van der Waals surface area contributed by atoms with Crippen LogP contribution < -0.4 is 0 Å². The molecule has 1 aromatic rings. The lowest BCUT2D eigenvalue weighted by Crippen LogP contribution is -2.31. The maximum atomic E-state index is 12.5. The summed E-state index contributed by atoms with van der Waals surface area (Å²) in [4.78, 5) is 0.176. The molecule has 1 heterocycles. The van der Waals surface area contributed by atoms with E-state index in [0.717, 1.165) is 19.3 Å². The Labute approximate surface area is 115 Å². The standard InChI is InChI=1S/C14H21NO3S/c1-3-14(4-2)8-9-15(11-14)19(17,18)13-7-5-6-12(16)10-13/h5-7,10,16H,3-4,8-9,11H2,1-2H3. The number of aromatic hydroxyl groups is 1. The van der Waals surface area contributed by atoms with Gasteiger partial charge in [0.1, 0.15) is 5.75 Å². The summed E-state index contributed by atoms with van der Waals surface area (Å²) >= 11 is 0. The fourth-order valence-electron chi connectivity index (χ4n) is 2.72. The van der Waals surface area contributed by atoms with E-state index < -0.39 is 10.0 Å². The van der Waals surface area contributed by atoms with E-state index in [1.54, 1.807) is 10.4 Å². The molecule has 1 aliphatic rings. The smallest absolute Gasteiger partial charge is 0.243 e. The quantitative estimate of drug-likeness (QED) is 0.924. The molecule has 0 radical (unpaired) electrons. The number of phenolic OH excluding ortho intramolecular Hbond substituents is 1. The van der Waals surface area contributed by atoms with E-state index in [9.17, 15) is 13.5 Å². The highest BCUT2D eigenvalue weighted by Gasteiger charge is 2.40. The van der Waals surface area contributed by atoms with Gasteiger partial charge in [0.2, 0.25) is 10.0 Å². The summed E-state index contributed by atoms with van der Waals surface area (Å²) in [6.07, 6.45) is 2.91. The molecule has 0 bridgehead atoms. The average molecular weight is 283 g/mol. The van der Waals surface area contributed by atoms with E-state index in [4.69, 9.17) is 0 Å². The lowest BCUT2D eigenvalue weighted by Gasteiger charge is -2.26. The van der Waals surface area contributed by atoms with Crippen LogP contribution in [0.2, 0.25) is 0 Å². The van der Waals surface area contributed by atoms with Crippen molar-refractivity contribution in [3.63, 3.8) is 0 Å². The fraction of sp³-hybridized carbons (Fsp3) is 0.571. The summed E-state index contributed by atoms with van der Waals surface area (Å²) in [5, 5.41) is 9.43. The molecule has 4 nitrogen and oxygen atoms in total. The summed E-state index contributed by atoms with van der Waals surface area (Å²) in [7, 11) is -3.48. The molecule has 1 aromatic carbocycles. The van der Waals surface area contributed by atoms with Crippen LogP contribution in [0.5, 0.6) is 5.75 Å². The van der Waals surface area contributed by atoms with Gasteiger partial charge in [0, 0.05) is 13.1 Å². The van der Waals surface area contributed by atoms with Gasteiger partial charge in [-0.25, -0.2) is 8.42 Å². The van der Waals surface area contributed by atoms with Crippen molar-refractivity contribution in [2.45, 2.75) is 38.0 Å². The van der Waals surface area contributed by atoms with Gasteiger partial charge >= 0.3 is 0 Å². The molecule has 1 aliphatic heterocycles. The number of sulfonamides is 1. The first-order valence-corrected chi connectivity index (χ1v) is 8.17. The molecule has 5 heteroatoms. The van der Waals surface area contributed by atoms with Gasteiger partial charge < -0.3 is 5.11 Å². The van der Waals surface area contributed by atoms with E-state index >= 15 is 0 Å². The monoisotopic (exact) mass is 283 g/mol. The third-order valence-corrected chi connectivity index (χ3v) is 6.20. The predicted molar refractivity (Wildman–Crippen MR) is 74.5 cm³/mol. The number of rotatable bonds is 4.